The van der Waals surface area contributed by atoms with Crippen molar-refractivity contribution in [2.45, 2.75) is 38.8 Å². The van der Waals surface area contributed by atoms with E-state index in [9.17, 15) is 4.79 Å². The highest BCUT2D eigenvalue weighted by Gasteiger charge is 2.41. The number of ether oxygens (including phenoxy) is 1. The summed E-state index contributed by atoms with van der Waals surface area (Å²) in [5.41, 5.74) is 3.60. The molecule has 2 aromatic heterocycles. The highest BCUT2D eigenvalue weighted by molar-refractivity contribution is 5.93. The molecule has 34 heavy (non-hydrogen) atoms. The normalized spacial score (nSPS) is 20.1. The average molecular weight is 463 g/mol. The van der Waals surface area contributed by atoms with Crippen LogP contribution in [-0.4, -0.2) is 83.6 Å². The lowest BCUT2D eigenvalue weighted by molar-refractivity contribution is -0.138. The Labute approximate surface area is 200 Å². The number of nitrogens with zero attached hydrogens (tertiary/aromatic N) is 5. The maximum atomic E-state index is 13.2. The number of morpholine rings is 1. The standard InChI is InChI=1S/C26H34N6O2/c1-17-16-34-14-13-31(17)25-20-10-12-32(22(33)15-30(4)5)26(2,3)23(20)28-24(29-25)19-7-6-8-21-18(19)9-11-27-21/h6-9,11,17,27H,10,12-16H2,1-5H3. The smallest absolute Gasteiger partial charge is 0.237 e. The SMILES string of the molecule is CC1COCCN1c1nc(-c2cccc3[nH]ccc23)nc2c1CCN(C(=O)CN(C)C)C2(C)C. The lowest BCUT2D eigenvalue weighted by atomic mass is 9.87. The molecule has 8 heteroatoms. The molecule has 0 spiro atoms. The zero-order chi connectivity index (χ0) is 24.0. The fraction of sp³-hybridized carbons (Fsp3) is 0.500. The summed E-state index contributed by atoms with van der Waals surface area (Å²) in [4.78, 5) is 33.1. The van der Waals surface area contributed by atoms with Gasteiger partial charge < -0.3 is 24.4 Å². The second kappa shape index (κ2) is 8.67. The summed E-state index contributed by atoms with van der Waals surface area (Å²) in [5.74, 6) is 1.80. The molecule has 5 rings (SSSR count). The number of carbonyl (C=O) groups excluding carboxylic acids is 1. The molecule has 0 radical (unpaired) electrons. The van der Waals surface area contributed by atoms with Crippen LogP contribution in [0.2, 0.25) is 0 Å². The van der Waals surface area contributed by atoms with E-state index >= 15 is 0 Å². The topological polar surface area (TPSA) is 77.6 Å². The third-order valence-corrected chi connectivity index (χ3v) is 7.05. The molecule has 3 aromatic rings. The second-order valence-corrected chi connectivity index (χ2v) is 10.2. The molecule has 0 aliphatic carbocycles. The maximum absolute atomic E-state index is 13.2. The van der Waals surface area contributed by atoms with Crippen LogP contribution in [0.1, 0.15) is 32.0 Å². The number of benzene rings is 1. The summed E-state index contributed by atoms with van der Waals surface area (Å²) in [5, 5.41) is 1.09. The monoisotopic (exact) mass is 462 g/mol. The Bertz CT molecular complexity index is 1220. The van der Waals surface area contributed by atoms with Crippen LogP contribution >= 0.6 is 0 Å². The Balaban J connectivity index is 1.69. The molecule has 1 fully saturated rings. The molecule has 4 heterocycles. The van der Waals surface area contributed by atoms with E-state index in [1.165, 1.54) is 0 Å². The number of H-pyrrole nitrogens is 1. The first-order valence-corrected chi connectivity index (χ1v) is 12.0. The van der Waals surface area contributed by atoms with Gasteiger partial charge in [-0.05, 0) is 53.4 Å². The number of anilines is 1. The molecule has 1 aromatic carbocycles. The van der Waals surface area contributed by atoms with Gasteiger partial charge in [-0.1, -0.05) is 12.1 Å². The molecule has 2 aliphatic rings. The van der Waals surface area contributed by atoms with Gasteiger partial charge >= 0.3 is 0 Å². The Morgan fingerprint density at radius 3 is 2.82 bits per heavy atom. The number of rotatable bonds is 4. The Morgan fingerprint density at radius 2 is 2.06 bits per heavy atom. The van der Waals surface area contributed by atoms with Crippen LogP contribution in [0.5, 0.6) is 0 Å². The summed E-state index contributed by atoms with van der Waals surface area (Å²) < 4.78 is 5.72. The number of carbonyl (C=O) groups is 1. The molecule has 1 saturated heterocycles. The number of hydrogen-bond acceptors (Lipinski definition) is 6. The number of fused-ring (bicyclic) bond motifs is 2. The van der Waals surface area contributed by atoms with Crippen molar-refractivity contribution < 1.29 is 9.53 Å². The molecule has 1 amide bonds. The van der Waals surface area contributed by atoms with E-state index in [2.05, 4.69) is 48.9 Å². The predicted molar refractivity (Wildman–Crippen MR) is 134 cm³/mol. The minimum Gasteiger partial charge on any atom is -0.377 e. The van der Waals surface area contributed by atoms with Crippen molar-refractivity contribution >= 4 is 22.6 Å². The van der Waals surface area contributed by atoms with Gasteiger partial charge in [0.25, 0.3) is 0 Å². The van der Waals surface area contributed by atoms with Crippen LogP contribution in [-0.2, 0) is 21.5 Å². The molecule has 1 atom stereocenters. The van der Waals surface area contributed by atoms with Gasteiger partial charge in [-0.3, -0.25) is 4.79 Å². The van der Waals surface area contributed by atoms with Crippen molar-refractivity contribution in [1.29, 1.82) is 0 Å². The minimum absolute atomic E-state index is 0.120. The molecule has 0 bridgehead atoms. The zero-order valence-corrected chi connectivity index (χ0v) is 20.8. The van der Waals surface area contributed by atoms with Crippen molar-refractivity contribution in [3.8, 4) is 11.4 Å². The maximum Gasteiger partial charge on any atom is 0.237 e. The third-order valence-electron chi connectivity index (χ3n) is 7.05. The Morgan fingerprint density at radius 1 is 1.24 bits per heavy atom. The number of nitrogens with one attached hydrogen (secondary N) is 1. The van der Waals surface area contributed by atoms with Crippen LogP contribution in [0.25, 0.3) is 22.3 Å². The number of aromatic nitrogens is 3. The molecule has 1 unspecified atom stereocenters. The average Bonchev–Trinajstić information content (AvgIpc) is 3.27. The first-order valence-electron chi connectivity index (χ1n) is 12.0. The van der Waals surface area contributed by atoms with Crippen molar-refractivity contribution in [3.05, 3.63) is 41.7 Å². The molecular formula is C26H34N6O2. The van der Waals surface area contributed by atoms with Crippen LogP contribution < -0.4 is 4.90 Å². The summed E-state index contributed by atoms with van der Waals surface area (Å²) >= 11 is 0. The van der Waals surface area contributed by atoms with E-state index in [1.54, 1.807) is 0 Å². The lowest BCUT2D eigenvalue weighted by Crippen LogP contribution is -2.53. The Kier molecular flexibility index (Phi) is 5.81. The van der Waals surface area contributed by atoms with Crippen LogP contribution in [0.4, 0.5) is 5.82 Å². The van der Waals surface area contributed by atoms with E-state index in [0.29, 0.717) is 32.1 Å². The first-order chi connectivity index (χ1) is 16.3. The van der Waals surface area contributed by atoms with Gasteiger partial charge in [0.05, 0.1) is 37.0 Å². The predicted octanol–water partition coefficient (Wildman–Crippen LogP) is 3.03. The number of amides is 1. The molecule has 0 saturated carbocycles. The van der Waals surface area contributed by atoms with Crippen molar-refractivity contribution in [1.82, 2.24) is 24.8 Å². The highest BCUT2D eigenvalue weighted by atomic mass is 16.5. The van der Waals surface area contributed by atoms with Crippen LogP contribution in [0.15, 0.2) is 30.5 Å². The fourth-order valence-corrected chi connectivity index (χ4v) is 5.31. The summed E-state index contributed by atoms with van der Waals surface area (Å²) in [6, 6.07) is 8.47. The number of aromatic amines is 1. The number of likely N-dealkylation sites (N-methyl/N-ethyl adjacent to an activating group) is 1. The highest BCUT2D eigenvalue weighted by Crippen LogP contribution is 2.40. The van der Waals surface area contributed by atoms with E-state index < -0.39 is 5.54 Å². The van der Waals surface area contributed by atoms with Gasteiger partial charge in [-0.25, -0.2) is 9.97 Å². The molecule has 180 valence electrons. The Hall–Kier alpha value is -2.97. The minimum atomic E-state index is -0.547. The number of hydrogen-bond donors (Lipinski definition) is 1. The van der Waals surface area contributed by atoms with E-state index in [-0.39, 0.29) is 11.9 Å². The van der Waals surface area contributed by atoms with Gasteiger partial charge in [0, 0.05) is 41.3 Å². The van der Waals surface area contributed by atoms with E-state index in [4.69, 9.17) is 14.7 Å². The quantitative estimate of drug-likeness (QED) is 0.642. The van der Waals surface area contributed by atoms with Crippen LogP contribution in [0, 0.1) is 0 Å². The second-order valence-electron chi connectivity index (χ2n) is 10.2. The molecular weight excluding hydrogens is 428 g/mol. The van der Waals surface area contributed by atoms with Gasteiger partial charge in [0.1, 0.15) is 5.82 Å². The van der Waals surface area contributed by atoms with E-state index in [1.807, 2.05) is 36.2 Å². The van der Waals surface area contributed by atoms with Crippen LogP contribution in [0.3, 0.4) is 0 Å². The van der Waals surface area contributed by atoms with Gasteiger partial charge in [-0.2, -0.15) is 0 Å². The van der Waals surface area contributed by atoms with Gasteiger partial charge in [-0.15, -0.1) is 0 Å². The van der Waals surface area contributed by atoms with Crippen molar-refractivity contribution in [3.63, 3.8) is 0 Å². The lowest BCUT2D eigenvalue weighted by Gasteiger charge is -2.45. The molecule has 2 aliphatic heterocycles. The largest absolute Gasteiger partial charge is 0.377 e. The zero-order valence-electron chi connectivity index (χ0n) is 20.8. The molecule has 8 nitrogen and oxygen atoms in total. The first kappa shape index (κ1) is 22.8. The van der Waals surface area contributed by atoms with Gasteiger partial charge in [0.15, 0.2) is 5.82 Å². The van der Waals surface area contributed by atoms with E-state index in [0.717, 1.165) is 46.5 Å². The third kappa shape index (κ3) is 3.84. The summed E-state index contributed by atoms with van der Waals surface area (Å²) in [7, 11) is 3.86. The fourth-order valence-electron chi connectivity index (χ4n) is 5.31. The van der Waals surface area contributed by atoms with Crippen molar-refractivity contribution in [2.24, 2.45) is 0 Å². The summed E-state index contributed by atoms with van der Waals surface area (Å²) in [6.45, 7) is 9.60. The van der Waals surface area contributed by atoms with Gasteiger partial charge in [0.2, 0.25) is 5.91 Å². The summed E-state index contributed by atoms with van der Waals surface area (Å²) in [6.07, 6.45) is 2.69. The van der Waals surface area contributed by atoms with Crippen molar-refractivity contribution in [2.75, 3.05) is 51.8 Å². The molecule has 1 N–H and O–H groups in total.